The van der Waals surface area contributed by atoms with Crippen LogP contribution in [-0.2, 0) is 11.2 Å². The van der Waals surface area contributed by atoms with Crippen molar-refractivity contribution in [3.8, 4) is 17.0 Å². The van der Waals surface area contributed by atoms with Gasteiger partial charge in [0.05, 0.1) is 12.2 Å². The minimum Gasteiger partial charge on any atom is -0.485 e. The monoisotopic (exact) mass is 474 g/mol. The van der Waals surface area contributed by atoms with E-state index in [-0.39, 0.29) is 6.23 Å². The van der Waals surface area contributed by atoms with Gasteiger partial charge in [0.25, 0.3) is 0 Å². The van der Waals surface area contributed by atoms with Gasteiger partial charge in [-0.3, -0.25) is 0 Å². The molecule has 0 bridgehead atoms. The normalized spacial score (nSPS) is 21.5. The lowest BCUT2D eigenvalue weighted by atomic mass is 9.91. The highest BCUT2D eigenvalue weighted by Gasteiger charge is 2.39. The molecule has 0 amide bonds. The minimum absolute atomic E-state index is 0.0497. The molecule has 1 fully saturated rings. The standard InChI is InChI=1S/C28H34N4O3/c1-18-19(2)27-23(20(3)26(18)30-33)16-28(4,35-27)17-31(5)22-11-9-21(10-12-22)24-13-14-32(29-24)25-8-6-7-15-34-25/h9-14,25H,6-8,15-17H2,1-5H3. The van der Waals surface area contributed by atoms with E-state index in [2.05, 4.69) is 54.4 Å². The number of rotatable bonds is 6. The average Bonchev–Trinajstić information content (AvgIpc) is 3.49. The number of anilines is 1. The van der Waals surface area contributed by atoms with Gasteiger partial charge in [0.2, 0.25) is 0 Å². The summed E-state index contributed by atoms with van der Waals surface area (Å²) in [6.07, 6.45) is 6.14. The van der Waals surface area contributed by atoms with Crippen molar-refractivity contribution in [1.29, 1.82) is 0 Å². The Morgan fingerprint density at radius 1 is 1.11 bits per heavy atom. The highest BCUT2D eigenvalue weighted by atomic mass is 16.5. The number of ether oxygens (including phenoxy) is 2. The van der Waals surface area contributed by atoms with E-state index in [1.165, 1.54) is 6.42 Å². The van der Waals surface area contributed by atoms with Gasteiger partial charge in [0.1, 0.15) is 23.3 Å². The van der Waals surface area contributed by atoms with Crippen molar-refractivity contribution >= 4 is 11.4 Å². The summed E-state index contributed by atoms with van der Waals surface area (Å²) in [5.41, 5.74) is 7.27. The van der Waals surface area contributed by atoms with Crippen LogP contribution in [0.25, 0.3) is 11.3 Å². The van der Waals surface area contributed by atoms with E-state index >= 15 is 0 Å². The number of aromatic nitrogens is 2. The van der Waals surface area contributed by atoms with Gasteiger partial charge >= 0.3 is 0 Å². The zero-order valence-corrected chi connectivity index (χ0v) is 21.3. The lowest BCUT2D eigenvalue weighted by Crippen LogP contribution is -2.43. The molecule has 7 nitrogen and oxygen atoms in total. The smallest absolute Gasteiger partial charge is 0.150 e. The fraction of sp³-hybridized carbons (Fsp3) is 0.464. The predicted octanol–water partition coefficient (Wildman–Crippen LogP) is 6.40. The van der Waals surface area contributed by atoms with Gasteiger partial charge in [0.15, 0.2) is 0 Å². The third kappa shape index (κ3) is 4.33. The molecule has 1 aromatic heterocycles. The Kier molecular flexibility index (Phi) is 6.13. The molecule has 1 saturated heterocycles. The second-order valence-corrected chi connectivity index (χ2v) is 10.3. The fourth-order valence-corrected chi connectivity index (χ4v) is 5.47. The second-order valence-electron chi connectivity index (χ2n) is 10.3. The molecule has 2 atom stereocenters. The van der Waals surface area contributed by atoms with E-state index in [0.29, 0.717) is 5.69 Å². The molecule has 3 heterocycles. The molecule has 184 valence electrons. The summed E-state index contributed by atoms with van der Waals surface area (Å²) in [5.74, 6) is 0.913. The molecule has 2 unspecified atom stereocenters. The molecule has 2 aliphatic heterocycles. The molecule has 0 saturated carbocycles. The third-order valence-corrected chi connectivity index (χ3v) is 7.57. The molecule has 0 N–H and O–H groups in total. The van der Waals surface area contributed by atoms with Crippen molar-refractivity contribution < 1.29 is 9.47 Å². The molecule has 0 spiro atoms. The van der Waals surface area contributed by atoms with Crippen molar-refractivity contribution in [3.63, 3.8) is 0 Å². The maximum atomic E-state index is 11.4. The summed E-state index contributed by atoms with van der Waals surface area (Å²) in [6.45, 7) is 9.59. The van der Waals surface area contributed by atoms with Gasteiger partial charge < -0.3 is 14.4 Å². The molecule has 3 aromatic rings. The van der Waals surface area contributed by atoms with E-state index in [1.807, 2.05) is 31.6 Å². The highest BCUT2D eigenvalue weighted by Crippen LogP contribution is 2.45. The van der Waals surface area contributed by atoms with Crippen LogP contribution in [0.2, 0.25) is 0 Å². The summed E-state index contributed by atoms with van der Waals surface area (Å²) < 4.78 is 14.3. The SMILES string of the molecule is Cc1c(C)c2c(c(C)c1N=O)CC(C)(CN(C)c1ccc(-c3ccn(C4CCCCO4)n3)cc1)O2. The van der Waals surface area contributed by atoms with Crippen molar-refractivity contribution in [2.24, 2.45) is 5.18 Å². The van der Waals surface area contributed by atoms with E-state index in [4.69, 9.17) is 14.6 Å². The van der Waals surface area contributed by atoms with Crippen LogP contribution in [0.15, 0.2) is 41.7 Å². The molecule has 5 rings (SSSR count). The Hall–Kier alpha value is -3.19. The number of fused-ring (bicyclic) bond motifs is 1. The molecule has 2 aliphatic rings. The largest absolute Gasteiger partial charge is 0.485 e. The predicted molar refractivity (Wildman–Crippen MR) is 139 cm³/mol. The quantitative estimate of drug-likeness (QED) is 0.387. The lowest BCUT2D eigenvalue weighted by Gasteiger charge is -2.31. The van der Waals surface area contributed by atoms with E-state index in [9.17, 15) is 4.91 Å². The Balaban J connectivity index is 1.29. The minimum atomic E-state index is -0.391. The number of hydrogen-bond donors (Lipinski definition) is 0. The molecule has 0 aliphatic carbocycles. The topological polar surface area (TPSA) is 69.0 Å². The zero-order valence-electron chi connectivity index (χ0n) is 21.3. The van der Waals surface area contributed by atoms with Crippen LogP contribution >= 0.6 is 0 Å². The van der Waals surface area contributed by atoms with Crippen molar-refractivity contribution in [2.45, 2.75) is 65.2 Å². The van der Waals surface area contributed by atoms with E-state index in [1.54, 1.807) is 0 Å². The first-order valence-corrected chi connectivity index (χ1v) is 12.4. The van der Waals surface area contributed by atoms with E-state index in [0.717, 1.165) is 77.4 Å². The fourth-order valence-electron chi connectivity index (χ4n) is 5.47. The van der Waals surface area contributed by atoms with Crippen LogP contribution in [-0.4, -0.2) is 35.6 Å². The third-order valence-electron chi connectivity index (χ3n) is 7.57. The van der Waals surface area contributed by atoms with Crippen LogP contribution in [0.3, 0.4) is 0 Å². The average molecular weight is 475 g/mol. The second kappa shape index (κ2) is 9.11. The van der Waals surface area contributed by atoms with Gasteiger partial charge in [-0.15, -0.1) is 4.91 Å². The van der Waals surface area contributed by atoms with Gasteiger partial charge in [-0.05, 0) is 87.0 Å². The first-order chi connectivity index (χ1) is 16.8. The molecular weight excluding hydrogens is 440 g/mol. The lowest BCUT2D eigenvalue weighted by molar-refractivity contribution is -0.0393. The number of nitrogens with zero attached hydrogens (tertiary/aromatic N) is 4. The Morgan fingerprint density at radius 2 is 1.89 bits per heavy atom. The first-order valence-electron chi connectivity index (χ1n) is 12.4. The summed E-state index contributed by atoms with van der Waals surface area (Å²) >= 11 is 0. The van der Waals surface area contributed by atoms with Crippen LogP contribution < -0.4 is 9.64 Å². The summed E-state index contributed by atoms with van der Waals surface area (Å²) in [5, 5.41) is 8.06. The van der Waals surface area contributed by atoms with Crippen LogP contribution in [0.1, 0.15) is 54.7 Å². The van der Waals surface area contributed by atoms with E-state index < -0.39 is 5.60 Å². The Labute approximate surface area is 207 Å². The highest BCUT2D eigenvalue weighted by molar-refractivity contribution is 5.66. The van der Waals surface area contributed by atoms with Crippen molar-refractivity contribution in [1.82, 2.24) is 9.78 Å². The summed E-state index contributed by atoms with van der Waals surface area (Å²) in [4.78, 5) is 13.6. The number of nitroso groups, excluding NO2 is 1. The molecule has 35 heavy (non-hydrogen) atoms. The van der Waals surface area contributed by atoms with Gasteiger partial charge in [-0.25, -0.2) is 4.68 Å². The summed E-state index contributed by atoms with van der Waals surface area (Å²) in [7, 11) is 2.09. The van der Waals surface area contributed by atoms with Crippen LogP contribution in [0, 0.1) is 25.7 Å². The first kappa shape index (κ1) is 23.5. The molecule has 0 radical (unpaired) electrons. The van der Waals surface area contributed by atoms with Crippen LogP contribution in [0.5, 0.6) is 5.75 Å². The van der Waals surface area contributed by atoms with Gasteiger partial charge in [-0.1, -0.05) is 12.1 Å². The van der Waals surface area contributed by atoms with Crippen molar-refractivity contribution in [3.05, 3.63) is 63.7 Å². The maximum Gasteiger partial charge on any atom is 0.150 e. The number of benzene rings is 2. The summed E-state index contributed by atoms with van der Waals surface area (Å²) in [6, 6.07) is 10.5. The molecular formula is C28H34N4O3. The zero-order chi connectivity index (χ0) is 24.7. The van der Waals surface area contributed by atoms with Gasteiger partial charge in [0, 0.05) is 43.1 Å². The molecule has 7 heteroatoms. The molecule has 2 aromatic carbocycles. The number of hydrogen-bond acceptors (Lipinski definition) is 6. The maximum absolute atomic E-state index is 11.4. The van der Waals surface area contributed by atoms with Crippen LogP contribution in [0.4, 0.5) is 11.4 Å². The number of likely N-dealkylation sites (N-methyl/N-ethyl adjacent to an activating group) is 1. The van der Waals surface area contributed by atoms with Gasteiger partial charge in [-0.2, -0.15) is 5.10 Å². The Bertz CT molecular complexity index is 1240. The Morgan fingerprint density at radius 3 is 2.57 bits per heavy atom. The van der Waals surface area contributed by atoms with Crippen molar-refractivity contribution in [2.75, 3.05) is 25.1 Å².